The van der Waals surface area contributed by atoms with Crippen LogP contribution in [0, 0.1) is 5.82 Å². The Balaban J connectivity index is 1.84. The highest BCUT2D eigenvalue weighted by atomic mass is 32.2. The molecule has 1 aliphatic carbocycles. The van der Waals surface area contributed by atoms with Crippen molar-refractivity contribution >= 4 is 19.9 Å². The lowest BCUT2D eigenvalue weighted by molar-refractivity contribution is 0.398. The smallest absolute Gasteiger partial charge is 0.217 e. The molecule has 0 radical (unpaired) electrons. The summed E-state index contributed by atoms with van der Waals surface area (Å²) in [5.41, 5.74) is 0.138. The molecule has 5 nitrogen and oxygen atoms in total. The fourth-order valence-electron chi connectivity index (χ4n) is 3.84. The molecule has 0 aromatic heterocycles. The third kappa shape index (κ3) is 3.90. The zero-order chi connectivity index (χ0) is 18.1. The van der Waals surface area contributed by atoms with Crippen LogP contribution >= 0.6 is 0 Å². The van der Waals surface area contributed by atoms with Crippen LogP contribution in [0.1, 0.15) is 49.3 Å². The number of rotatable bonds is 3. The predicted octanol–water partition coefficient (Wildman–Crippen LogP) is 2.65. The van der Waals surface area contributed by atoms with Gasteiger partial charge in [-0.3, -0.25) is 0 Å². The van der Waals surface area contributed by atoms with Crippen molar-refractivity contribution in [3.63, 3.8) is 0 Å². The fraction of sp³-hybridized carbons (Fsp3) is 0.647. The van der Waals surface area contributed by atoms with Crippen LogP contribution in [0.4, 0.5) is 4.39 Å². The molecule has 2 aliphatic rings. The quantitative estimate of drug-likeness (QED) is 0.797. The van der Waals surface area contributed by atoms with Crippen LogP contribution in [-0.4, -0.2) is 45.2 Å². The zero-order valence-corrected chi connectivity index (χ0v) is 15.7. The Kier molecular flexibility index (Phi) is 5.51. The molecule has 140 valence electrons. The summed E-state index contributed by atoms with van der Waals surface area (Å²) in [5.74, 6) is -0.822. The Bertz CT molecular complexity index is 817. The molecule has 25 heavy (non-hydrogen) atoms. The minimum atomic E-state index is -3.61. The van der Waals surface area contributed by atoms with Gasteiger partial charge in [-0.25, -0.2) is 25.5 Å². The van der Waals surface area contributed by atoms with Gasteiger partial charge in [0.25, 0.3) is 0 Å². The van der Waals surface area contributed by atoms with E-state index in [1.165, 1.54) is 22.5 Å². The molecular weight excluding hydrogens is 365 g/mol. The maximum Gasteiger partial charge on any atom is 0.217 e. The zero-order valence-electron chi connectivity index (χ0n) is 14.1. The van der Waals surface area contributed by atoms with Crippen LogP contribution in [0.15, 0.2) is 24.3 Å². The average molecular weight is 390 g/mol. The van der Waals surface area contributed by atoms with Gasteiger partial charge in [0.1, 0.15) is 5.82 Å². The second-order valence-electron chi connectivity index (χ2n) is 6.87. The summed E-state index contributed by atoms with van der Waals surface area (Å²) in [6.07, 6.45) is 4.22. The number of nitrogens with zero attached hydrogens (tertiary/aromatic N) is 1. The first-order valence-corrected chi connectivity index (χ1v) is 12.0. The molecule has 2 fully saturated rings. The molecule has 1 unspecified atom stereocenters. The molecule has 1 aromatic carbocycles. The van der Waals surface area contributed by atoms with Crippen molar-refractivity contribution in [1.29, 1.82) is 0 Å². The Labute approximate surface area is 149 Å². The van der Waals surface area contributed by atoms with Crippen molar-refractivity contribution in [2.75, 3.05) is 18.8 Å². The Morgan fingerprint density at radius 3 is 2.36 bits per heavy atom. The second-order valence-corrected chi connectivity index (χ2v) is 11.4. The maximum atomic E-state index is 14.1. The van der Waals surface area contributed by atoms with E-state index in [-0.39, 0.29) is 30.8 Å². The minimum absolute atomic E-state index is 0.0356. The summed E-state index contributed by atoms with van der Waals surface area (Å²) in [6, 6.07) is 5.84. The number of sulfone groups is 1. The topological polar surface area (TPSA) is 71.5 Å². The van der Waals surface area contributed by atoms with Crippen molar-refractivity contribution in [1.82, 2.24) is 4.31 Å². The van der Waals surface area contributed by atoms with Gasteiger partial charge in [-0.15, -0.1) is 0 Å². The van der Waals surface area contributed by atoms with Crippen LogP contribution in [0.3, 0.4) is 0 Å². The van der Waals surface area contributed by atoms with Gasteiger partial charge < -0.3 is 0 Å². The van der Waals surface area contributed by atoms with Crippen LogP contribution in [0.25, 0.3) is 0 Å². The number of hydrogen-bond acceptors (Lipinski definition) is 4. The van der Waals surface area contributed by atoms with E-state index in [0.717, 1.165) is 19.3 Å². The summed E-state index contributed by atoms with van der Waals surface area (Å²) in [5, 5.41) is -1.39. The van der Waals surface area contributed by atoms with Gasteiger partial charge in [0.15, 0.2) is 9.84 Å². The van der Waals surface area contributed by atoms with Crippen LogP contribution < -0.4 is 0 Å². The Morgan fingerprint density at radius 1 is 1.00 bits per heavy atom. The monoisotopic (exact) mass is 389 g/mol. The molecule has 0 spiro atoms. The first-order chi connectivity index (χ1) is 11.8. The summed E-state index contributed by atoms with van der Waals surface area (Å²) in [4.78, 5) is 0. The van der Waals surface area contributed by atoms with Crippen molar-refractivity contribution in [2.45, 2.75) is 49.0 Å². The fourth-order valence-corrected chi connectivity index (χ4v) is 7.81. The molecule has 0 N–H and O–H groups in total. The van der Waals surface area contributed by atoms with Gasteiger partial charge in [0, 0.05) is 18.7 Å². The average Bonchev–Trinajstić information content (AvgIpc) is 2.75. The van der Waals surface area contributed by atoms with Crippen molar-refractivity contribution in [2.24, 2.45) is 0 Å². The van der Waals surface area contributed by atoms with Gasteiger partial charge in [-0.05, 0) is 25.3 Å². The van der Waals surface area contributed by atoms with Crippen molar-refractivity contribution in [3.8, 4) is 0 Å². The van der Waals surface area contributed by atoms with E-state index in [2.05, 4.69) is 0 Å². The highest BCUT2D eigenvalue weighted by molar-refractivity contribution is 7.92. The molecule has 1 saturated carbocycles. The number of halogens is 1. The van der Waals surface area contributed by atoms with E-state index in [1.807, 2.05) is 0 Å². The van der Waals surface area contributed by atoms with Gasteiger partial charge >= 0.3 is 0 Å². The Hall–Kier alpha value is -0.990. The van der Waals surface area contributed by atoms with E-state index < -0.39 is 36.2 Å². The molecule has 0 bridgehead atoms. The lowest BCUT2D eigenvalue weighted by atomic mass is 10.0. The molecule has 1 aliphatic heterocycles. The van der Waals surface area contributed by atoms with E-state index in [9.17, 15) is 21.2 Å². The first-order valence-electron chi connectivity index (χ1n) is 8.77. The SMILES string of the molecule is O=S1(=O)CCN(S(=O)(=O)C2CCCCC2)CCC1c1ccccc1F. The van der Waals surface area contributed by atoms with Gasteiger partial charge in [0.05, 0.1) is 16.3 Å². The first kappa shape index (κ1) is 18.8. The summed E-state index contributed by atoms with van der Waals surface area (Å²) in [6.45, 7) is 0.0865. The molecule has 0 amide bonds. The molecule has 8 heteroatoms. The van der Waals surface area contributed by atoms with E-state index in [0.29, 0.717) is 12.8 Å². The Morgan fingerprint density at radius 2 is 1.68 bits per heavy atom. The number of hydrogen-bond donors (Lipinski definition) is 0. The molecule has 1 atom stereocenters. The second kappa shape index (κ2) is 7.32. The van der Waals surface area contributed by atoms with E-state index in [1.54, 1.807) is 6.07 Å². The van der Waals surface area contributed by atoms with Gasteiger partial charge in [-0.2, -0.15) is 0 Å². The maximum absolute atomic E-state index is 14.1. The van der Waals surface area contributed by atoms with Crippen LogP contribution in [-0.2, 0) is 19.9 Å². The lowest BCUT2D eigenvalue weighted by Crippen LogP contribution is -2.41. The summed E-state index contributed by atoms with van der Waals surface area (Å²) in [7, 11) is -7.10. The summed E-state index contributed by atoms with van der Waals surface area (Å²) < 4.78 is 66.4. The molecule has 1 aromatic rings. The minimum Gasteiger partial charge on any atom is -0.228 e. The molecule has 1 heterocycles. The van der Waals surface area contributed by atoms with Crippen molar-refractivity contribution in [3.05, 3.63) is 35.6 Å². The van der Waals surface area contributed by atoms with E-state index >= 15 is 0 Å². The van der Waals surface area contributed by atoms with Gasteiger partial charge in [0.2, 0.25) is 10.0 Å². The van der Waals surface area contributed by atoms with Gasteiger partial charge in [-0.1, -0.05) is 37.5 Å². The number of sulfonamides is 1. The highest BCUT2D eigenvalue weighted by Gasteiger charge is 2.39. The number of benzene rings is 1. The molecule has 1 saturated heterocycles. The van der Waals surface area contributed by atoms with Crippen molar-refractivity contribution < 1.29 is 21.2 Å². The highest BCUT2D eigenvalue weighted by Crippen LogP contribution is 2.33. The summed E-state index contributed by atoms with van der Waals surface area (Å²) >= 11 is 0. The lowest BCUT2D eigenvalue weighted by Gasteiger charge is -2.28. The standard InChI is InChI=1S/C17H24FNO4S2/c18-16-9-5-4-8-15(16)17-10-11-19(12-13-24(17,20)21)25(22,23)14-6-2-1-3-7-14/h4-5,8-9,14,17H,1-3,6-7,10-13H2. The largest absolute Gasteiger partial charge is 0.228 e. The normalized spacial score (nSPS) is 26.2. The van der Waals surface area contributed by atoms with E-state index in [4.69, 9.17) is 0 Å². The molecular formula is C17H24FNO4S2. The third-order valence-electron chi connectivity index (χ3n) is 5.28. The molecule has 3 rings (SSSR count). The van der Waals surface area contributed by atoms with Crippen LogP contribution in [0.2, 0.25) is 0 Å². The third-order valence-corrected chi connectivity index (χ3v) is 9.79. The van der Waals surface area contributed by atoms with Crippen LogP contribution in [0.5, 0.6) is 0 Å². The predicted molar refractivity (Wildman–Crippen MR) is 94.9 cm³/mol.